The Balaban J connectivity index is 1.31. The second-order valence-corrected chi connectivity index (χ2v) is 15.6. The third kappa shape index (κ3) is 2.61. The number of aliphatic hydroxyl groups excluding tert-OH is 2. The first-order chi connectivity index (χ1) is 19.4. The molecule has 0 radical (unpaired) electrons. The second-order valence-electron chi connectivity index (χ2n) is 15.6. The Morgan fingerprint density at radius 1 is 1.00 bits per heavy atom. The summed E-state index contributed by atoms with van der Waals surface area (Å²) in [6.07, 6.45) is -3.70. The zero-order valence-electron chi connectivity index (χ0n) is 24.9. The molecule has 0 aromatic heterocycles. The highest BCUT2D eigenvalue weighted by Crippen LogP contribution is 2.80. The first-order valence-electron chi connectivity index (χ1n) is 15.5. The van der Waals surface area contributed by atoms with E-state index in [0.29, 0.717) is 6.42 Å². The fourth-order valence-corrected chi connectivity index (χ4v) is 12.8. The zero-order chi connectivity index (χ0) is 30.3. The normalized spacial score (nSPS) is 64.9. The lowest BCUT2D eigenvalue weighted by Crippen LogP contribution is -2.75. The van der Waals surface area contributed by atoms with E-state index in [1.807, 2.05) is 13.8 Å². The van der Waals surface area contributed by atoms with Crippen LogP contribution in [-0.2, 0) is 33.3 Å². The summed E-state index contributed by atoms with van der Waals surface area (Å²) in [5.41, 5.74) is -6.98. The molecule has 0 amide bonds. The average Bonchev–Trinajstić information content (AvgIpc) is 3.76. The smallest absolute Gasteiger partial charge is 0.341 e. The van der Waals surface area contributed by atoms with E-state index in [4.69, 9.17) is 18.9 Å². The van der Waals surface area contributed by atoms with Gasteiger partial charge < -0.3 is 39.4 Å². The van der Waals surface area contributed by atoms with Crippen LogP contribution in [0.2, 0.25) is 0 Å². The van der Waals surface area contributed by atoms with Gasteiger partial charge in [-0.2, -0.15) is 0 Å². The van der Waals surface area contributed by atoms with Crippen LogP contribution in [0.4, 0.5) is 0 Å². The molecule has 42 heavy (non-hydrogen) atoms. The molecule has 0 aromatic rings. The van der Waals surface area contributed by atoms with Gasteiger partial charge in [-0.25, -0.2) is 4.79 Å². The minimum absolute atomic E-state index is 0.0840. The van der Waals surface area contributed by atoms with E-state index in [1.165, 1.54) is 20.8 Å². The highest BCUT2D eigenvalue weighted by atomic mass is 16.8. The van der Waals surface area contributed by atoms with Crippen molar-refractivity contribution < 1.29 is 53.8 Å². The summed E-state index contributed by atoms with van der Waals surface area (Å²) < 4.78 is 23.9. The van der Waals surface area contributed by atoms with E-state index in [2.05, 4.69) is 6.92 Å². The number of Topliss-reactive ketones (excluding diaryl/α,β-unsaturated/α-hetero) is 1. The molecule has 2 unspecified atom stereocenters. The molecule has 3 aliphatic heterocycles. The van der Waals surface area contributed by atoms with Crippen molar-refractivity contribution in [1.29, 1.82) is 0 Å². The van der Waals surface area contributed by atoms with Gasteiger partial charge in [0.05, 0.1) is 34.7 Å². The van der Waals surface area contributed by atoms with Gasteiger partial charge in [0.2, 0.25) is 5.79 Å². The molecule has 5 saturated carbocycles. The topological polar surface area (TPSA) is 176 Å². The molecule has 3 saturated heterocycles. The molecule has 1 spiro atoms. The molecular weight excluding hydrogens is 548 g/mol. The molecule has 8 aliphatic rings. The van der Waals surface area contributed by atoms with Crippen LogP contribution in [0.3, 0.4) is 0 Å². The number of hydrogen-bond acceptors (Lipinski definition) is 11. The van der Waals surface area contributed by atoms with E-state index >= 15 is 0 Å². The van der Waals surface area contributed by atoms with Crippen molar-refractivity contribution in [1.82, 2.24) is 0 Å². The number of carbonyl (C=O) groups is 3. The van der Waals surface area contributed by atoms with Gasteiger partial charge in [-0.05, 0) is 69.1 Å². The molecular formula is C31H42O11. The number of carbonyl (C=O) groups excluding carboxylic acids is 3. The van der Waals surface area contributed by atoms with Gasteiger partial charge in [0.15, 0.2) is 5.60 Å². The van der Waals surface area contributed by atoms with E-state index in [-0.39, 0.29) is 54.8 Å². The lowest BCUT2D eigenvalue weighted by atomic mass is 9.39. The first kappa shape index (κ1) is 27.9. The summed E-state index contributed by atoms with van der Waals surface area (Å²) in [6.45, 7) is 10.2. The molecule has 4 N–H and O–H groups in total. The van der Waals surface area contributed by atoms with Gasteiger partial charge in [-0.1, -0.05) is 13.8 Å². The van der Waals surface area contributed by atoms with Gasteiger partial charge in [-0.3, -0.25) is 9.59 Å². The molecule has 11 nitrogen and oxygen atoms in total. The monoisotopic (exact) mass is 590 g/mol. The lowest BCUT2D eigenvalue weighted by Gasteiger charge is -2.66. The van der Waals surface area contributed by atoms with Crippen molar-refractivity contribution >= 4 is 17.7 Å². The Morgan fingerprint density at radius 3 is 2.33 bits per heavy atom. The zero-order valence-corrected chi connectivity index (χ0v) is 24.9. The summed E-state index contributed by atoms with van der Waals surface area (Å²) in [5.74, 6) is -4.99. The third-order valence-corrected chi connectivity index (χ3v) is 14.5. The maximum atomic E-state index is 13.8. The number of esters is 2. The summed E-state index contributed by atoms with van der Waals surface area (Å²) >= 11 is 0. The fourth-order valence-electron chi connectivity index (χ4n) is 12.8. The largest absolute Gasteiger partial charge is 0.462 e. The van der Waals surface area contributed by atoms with Crippen molar-refractivity contribution in [3.8, 4) is 0 Å². The summed E-state index contributed by atoms with van der Waals surface area (Å²) in [5, 5.41) is 47.6. The van der Waals surface area contributed by atoms with Crippen molar-refractivity contribution in [3.63, 3.8) is 0 Å². The first-order valence-corrected chi connectivity index (χ1v) is 15.5. The lowest BCUT2D eigenvalue weighted by molar-refractivity contribution is -0.273. The third-order valence-electron chi connectivity index (χ3n) is 14.5. The van der Waals surface area contributed by atoms with Gasteiger partial charge in [0, 0.05) is 25.2 Å². The van der Waals surface area contributed by atoms with Gasteiger partial charge in [0.25, 0.3) is 0 Å². The number of epoxide rings is 2. The van der Waals surface area contributed by atoms with Crippen molar-refractivity contribution in [2.45, 2.75) is 121 Å². The van der Waals surface area contributed by atoms with Crippen LogP contribution in [-0.4, -0.2) is 91.8 Å². The Hall–Kier alpha value is -1.63. The predicted octanol–water partition coefficient (Wildman–Crippen LogP) is 0.475. The van der Waals surface area contributed by atoms with E-state index < -0.39 is 87.5 Å². The number of hydrogen-bond donors (Lipinski definition) is 4. The van der Waals surface area contributed by atoms with Crippen molar-refractivity contribution in [2.24, 2.45) is 51.8 Å². The second kappa shape index (κ2) is 7.59. The van der Waals surface area contributed by atoms with Gasteiger partial charge in [-0.15, -0.1) is 0 Å². The minimum atomic E-state index is -1.84. The van der Waals surface area contributed by atoms with Crippen LogP contribution >= 0.6 is 0 Å². The molecule has 3 heterocycles. The average molecular weight is 591 g/mol. The maximum Gasteiger partial charge on any atom is 0.341 e. The summed E-state index contributed by atoms with van der Waals surface area (Å²) in [6, 6.07) is 0. The van der Waals surface area contributed by atoms with Crippen molar-refractivity contribution in [2.75, 3.05) is 0 Å². The Kier molecular flexibility index (Phi) is 5.04. The van der Waals surface area contributed by atoms with Crippen molar-refractivity contribution in [3.05, 3.63) is 0 Å². The number of rotatable bonds is 2. The Labute approximate surface area is 244 Å². The van der Waals surface area contributed by atoms with Crippen LogP contribution in [0.5, 0.6) is 0 Å². The molecule has 232 valence electrons. The standard InChI is InChI=1S/C31H42O11/c1-11-21-16(27(5)28(6,37)25(36)42-31(27)24(11)41-31)7-14-20-15(8-19(26(14,21)4)39-13(3)33)30(12(2)32)23(35)22-18(40-22)10-29(30,38)9-17(20)34/h11,14-24,34-35,37-38H,7-10H2,1-6H3/t11-,14-,15?,16+,17-,18-,19-,20?,21-,22-,23-,24+,26+,27-,28+,29+,30-,31-/m0/s1. The minimum Gasteiger partial charge on any atom is -0.462 e. The van der Waals surface area contributed by atoms with E-state index in [1.54, 1.807) is 0 Å². The van der Waals surface area contributed by atoms with Crippen LogP contribution in [0.1, 0.15) is 67.2 Å². The predicted molar refractivity (Wildman–Crippen MR) is 140 cm³/mol. The number of fused-ring (bicyclic) bond motifs is 9. The van der Waals surface area contributed by atoms with Gasteiger partial charge in [0.1, 0.15) is 24.1 Å². The highest BCUT2D eigenvalue weighted by molar-refractivity contribution is 5.86. The van der Waals surface area contributed by atoms with E-state index in [9.17, 15) is 34.8 Å². The molecule has 5 aliphatic carbocycles. The molecule has 0 bridgehead atoms. The molecule has 8 rings (SSSR count). The molecule has 18 atom stereocenters. The maximum absolute atomic E-state index is 13.8. The summed E-state index contributed by atoms with van der Waals surface area (Å²) in [7, 11) is 0. The summed E-state index contributed by atoms with van der Waals surface area (Å²) in [4.78, 5) is 39.6. The number of aliphatic hydroxyl groups is 4. The number of ketones is 1. The Bertz CT molecular complexity index is 1320. The number of ether oxygens (including phenoxy) is 4. The molecule has 0 aromatic carbocycles. The van der Waals surface area contributed by atoms with Crippen LogP contribution in [0.25, 0.3) is 0 Å². The van der Waals surface area contributed by atoms with Crippen LogP contribution < -0.4 is 0 Å². The Morgan fingerprint density at radius 2 is 1.69 bits per heavy atom. The highest BCUT2D eigenvalue weighted by Gasteiger charge is 2.91. The van der Waals surface area contributed by atoms with Crippen LogP contribution in [0.15, 0.2) is 0 Å². The molecule has 11 heteroatoms. The quantitative estimate of drug-likeness (QED) is 0.260. The van der Waals surface area contributed by atoms with Gasteiger partial charge >= 0.3 is 11.9 Å². The fraction of sp³-hybridized carbons (Fsp3) is 0.903. The molecule has 8 fully saturated rings. The van der Waals surface area contributed by atoms with Crippen LogP contribution in [0, 0.1) is 51.8 Å². The van der Waals surface area contributed by atoms with E-state index in [0.717, 1.165) is 0 Å². The SMILES string of the molecule is CC(=O)O[C@H]1CC2C([C@@H](O)C[C@@]3(O)C[C@@H]4O[C@@H]4[C@H](O)[C@]23C(C)=O)[C@@H]2C[C@@H]3[C@H]([C@H](C)[C@H]4O[C@]45OC(=O)[C@@](C)(O)[C@]35C)[C@@]12C.